The highest BCUT2D eigenvalue weighted by molar-refractivity contribution is 7.26. The van der Waals surface area contributed by atoms with Gasteiger partial charge in [0.25, 0.3) is 0 Å². The molecule has 0 atom stereocenters. The molecule has 346 valence electrons. The van der Waals surface area contributed by atoms with Crippen LogP contribution < -0.4 is 4.90 Å². The van der Waals surface area contributed by atoms with Gasteiger partial charge in [0.15, 0.2) is 0 Å². The van der Waals surface area contributed by atoms with Crippen LogP contribution in [-0.2, 0) is 16.2 Å². The zero-order chi connectivity index (χ0) is 48.8. The molecule has 0 N–H and O–H groups in total. The van der Waals surface area contributed by atoms with Crippen LogP contribution in [0.3, 0.4) is 0 Å². The molecule has 0 saturated heterocycles. The molecular formula is C69H59NS. The lowest BCUT2D eigenvalue weighted by Crippen LogP contribution is -2.16. The van der Waals surface area contributed by atoms with Crippen molar-refractivity contribution < 1.29 is 0 Å². The van der Waals surface area contributed by atoms with Crippen LogP contribution in [0.4, 0.5) is 17.1 Å². The van der Waals surface area contributed by atoms with E-state index in [0.29, 0.717) is 0 Å². The Balaban J connectivity index is 1.07. The second-order valence-electron chi connectivity index (χ2n) is 22.1. The van der Waals surface area contributed by atoms with Crippen molar-refractivity contribution in [1.82, 2.24) is 0 Å². The van der Waals surface area contributed by atoms with Crippen LogP contribution in [0.5, 0.6) is 0 Å². The number of fused-ring (bicyclic) bond motifs is 7. The summed E-state index contributed by atoms with van der Waals surface area (Å²) in [6.45, 7) is 18.7. The molecule has 1 aliphatic rings. The van der Waals surface area contributed by atoms with E-state index in [4.69, 9.17) is 0 Å². The fourth-order valence-corrected chi connectivity index (χ4v) is 12.5. The fraction of sp³-hybridized carbons (Fsp3) is 0.159. The van der Waals surface area contributed by atoms with Gasteiger partial charge in [0.2, 0.25) is 0 Å². The lowest BCUT2D eigenvalue weighted by Gasteiger charge is -2.31. The summed E-state index contributed by atoms with van der Waals surface area (Å²) in [5, 5.41) is 5.11. The Bertz CT molecular complexity index is 3830. The van der Waals surface area contributed by atoms with Crippen molar-refractivity contribution in [3.8, 4) is 55.6 Å². The van der Waals surface area contributed by atoms with E-state index in [1.54, 1.807) is 0 Å². The Morgan fingerprint density at radius 1 is 0.380 bits per heavy atom. The zero-order valence-electron chi connectivity index (χ0n) is 42.1. The number of nitrogens with zero attached hydrogens (tertiary/aromatic N) is 1. The maximum atomic E-state index is 2.51. The van der Waals surface area contributed by atoms with E-state index in [2.05, 4.69) is 273 Å². The van der Waals surface area contributed by atoms with Gasteiger partial charge in [-0.05, 0) is 125 Å². The normalized spacial score (nSPS) is 13.2. The first-order valence-electron chi connectivity index (χ1n) is 25.2. The Labute approximate surface area is 423 Å². The molecule has 0 bridgehead atoms. The van der Waals surface area contributed by atoms with Crippen LogP contribution in [0.25, 0.3) is 86.6 Å². The zero-order valence-corrected chi connectivity index (χ0v) is 42.9. The molecule has 12 rings (SSSR count). The molecule has 10 aromatic carbocycles. The van der Waals surface area contributed by atoms with E-state index < -0.39 is 0 Å². The molecule has 71 heavy (non-hydrogen) atoms. The van der Waals surface area contributed by atoms with Crippen LogP contribution >= 0.6 is 11.3 Å². The molecule has 11 aromatic rings. The molecule has 1 aromatic heterocycles. The third-order valence-electron chi connectivity index (χ3n) is 15.2. The van der Waals surface area contributed by atoms with E-state index in [1.807, 2.05) is 11.3 Å². The second-order valence-corrected chi connectivity index (χ2v) is 23.2. The predicted octanol–water partition coefficient (Wildman–Crippen LogP) is 20.2. The molecule has 0 spiro atoms. The van der Waals surface area contributed by atoms with Crippen molar-refractivity contribution in [3.63, 3.8) is 0 Å². The summed E-state index contributed by atoms with van der Waals surface area (Å²) in [6.07, 6.45) is 0. The molecule has 1 nitrogen and oxygen atoms in total. The van der Waals surface area contributed by atoms with Crippen LogP contribution in [-0.4, -0.2) is 0 Å². The highest BCUT2D eigenvalue weighted by atomic mass is 32.1. The number of hydrogen-bond donors (Lipinski definition) is 0. The third kappa shape index (κ3) is 7.59. The summed E-state index contributed by atoms with van der Waals surface area (Å²) in [7, 11) is 0. The average molecular weight is 934 g/mol. The molecule has 0 amide bonds. The smallest absolute Gasteiger partial charge is 0.0540 e. The summed E-state index contributed by atoms with van der Waals surface area (Å²) in [5.74, 6) is 0. The van der Waals surface area contributed by atoms with Crippen LogP contribution in [0.2, 0.25) is 0 Å². The van der Waals surface area contributed by atoms with Gasteiger partial charge in [0.05, 0.1) is 11.4 Å². The van der Waals surface area contributed by atoms with Gasteiger partial charge >= 0.3 is 0 Å². The monoisotopic (exact) mass is 933 g/mol. The molecule has 0 saturated carbocycles. The molecule has 1 aliphatic carbocycles. The number of benzene rings is 10. The van der Waals surface area contributed by atoms with E-state index in [9.17, 15) is 0 Å². The summed E-state index contributed by atoms with van der Waals surface area (Å²) in [6, 6.07) is 80.0. The van der Waals surface area contributed by atoms with E-state index in [1.165, 1.54) is 109 Å². The van der Waals surface area contributed by atoms with Crippen molar-refractivity contribution in [1.29, 1.82) is 0 Å². The Kier molecular flexibility index (Phi) is 10.6. The highest BCUT2D eigenvalue weighted by Crippen LogP contribution is 2.52. The summed E-state index contributed by atoms with van der Waals surface area (Å²) in [4.78, 5) is 2.51. The molecule has 0 aliphatic heterocycles. The van der Waals surface area contributed by atoms with Crippen LogP contribution in [0.15, 0.2) is 212 Å². The predicted molar refractivity (Wildman–Crippen MR) is 308 cm³/mol. The van der Waals surface area contributed by atoms with Crippen molar-refractivity contribution in [2.75, 3.05) is 4.90 Å². The number of anilines is 3. The van der Waals surface area contributed by atoms with Gasteiger partial charge in [0.1, 0.15) is 0 Å². The van der Waals surface area contributed by atoms with Gasteiger partial charge in [-0.25, -0.2) is 0 Å². The number of para-hydroxylation sites is 2. The standard InChI is InChI=1S/C69H59NS/c1-67(2,3)48-40-47(41-49(43-48)68(4,5)6)52-26-17-20-45-21-18-28-58(65(45)52)56-24-11-15-32-63(56)70(50-37-34-44(35-38-50)53-27-19-29-59-57-25-12-16-33-64(57)71-66(53)59)62-31-14-10-22-51(62)46-36-39-55-54-23-9-13-30-60(54)69(7,8)61(55)42-46/h9-43H,1-8H3. The molecule has 2 heteroatoms. The third-order valence-corrected chi connectivity index (χ3v) is 16.4. The highest BCUT2D eigenvalue weighted by Gasteiger charge is 2.35. The Hall–Kier alpha value is -7.52. The van der Waals surface area contributed by atoms with Gasteiger partial charge in [-0.3, -0.25) is 0 Å². The van der Waals surface area contributed by atoms with Crippen LogP contribution in [0, 0.1) is 0 Å². The van der Waals surface area contributed by atoms with Gasteiger partial charge in [-0.1, -0.05) is 231 Å². The van der Waals surface area contributed by atoms with E-state index in [-0.39, 0.29) is 16.2 Å². The first-order valence-corrected chi connectivity index (χ1v) is 26.0. The topological polar surface area (TPSA) is 3.24 Å². The minimum absolute atomic E-state index is 0.0115. The van der Waals surface area contributed by atoms with Crippen molar-refractivity contribution in [2.24, 2.45) is 0 Å². The first kappa shape index (κ1) is 44.7. The number of thiophene rings is 1. The first-order chi connectivity index (χ1) is 34.2. The van der Waals surface area contributed by atoms with Gasteiger partial charge in [-0.15, -0.1) is 11.3 Å². The molecular weight excluding hydrogens is 875 g/mol. The second kappa shape index (κ2) is 16.8. The van der Waals surface area contributed by atoms with E-state index >= 15 is 0 Å². The van der Waals surface area contributed by atoms with Gasteiger partial charge in [0, 0.05) is 42.4 Å². The average Bonchev–Trinajstić information content (AvgIpc) is 3.87. The molecule has 1 heterocycles. The summed E-state index contributed by atoms with van der Waals surface area (Å²) >= 11 is 1.88. The lowest BCUT2D eigenvalue weighted by atomic mass is 9.78. The van der Waals surface area contributed by atoms with E-state index in [0.717, 1.165) is 17.1 Å². The Morgan fingerprint density at radius 2 is 0.915 bits per heavy atom. The fourth-order valence-electron chi connectivity index (χ4n) is 11.3. The Morgan fingerprint density at radius 3 is 1.63 bits per heavy atom. The quantitative estimate of drug-likeness (QED) is 0.154. The SMILES string of the molecule is CC(C)(C)c1cc(-c2cccc3cccc(-c4ccccc4N(c4ccc(-c5cccc6c5sc5ccccc56)cc4)c4ccccc4-c4ccc5c(c4)C(C)(C)c4ccccc4-5)c23)cc(C(C)(C)C)c1. The van der Waals surface area contributed by atoms with Crippen molar-refractivity contribution in [2.45, 2.75) is 71.6 Å². The minimum Gasteiger partial charge on any atom is -0.309 e. The van der Waals surface area contributed by atoms with Crippen molar-refractivity contribution in [3.05, 3.63) is 235 Å². The summed E-state index contributed by atoms with van der Waals surface area (Å²) < 4.78 is 2.64. The minimum atomic E-state index is -0.123. The summed E-state index contributed by atoms with van der Waals surface area (Å²) in [5.41, 5.74) is 21.1. The van der Waals surface area contributed by atoms with Gasteiger partial charge < -0.3 is 4.90 Å². The number of rotatable bonds is 7. The maximum Gasteiger partial charge on any atom is 0.0540 e. The maximum absolute atomic E-state index is 2.51. The largest absolute Gasteiger partial charge is 0.309 e. The van der Waals surface area contributed by atoms with Crippen molar-refractivity contribution >= 4 is 59.3 Å². The molecule has 0 fully saturated rings. The molecule has 0 radical (unpaired) electrons. The lowest BCUT2D eigenvalue weighted by molar-refractivity contribution is 0.569. The van der Waals surface area contributed by atoms with Crippen LogP contribution in [0.1, 0.15) is 77.6 Å². The number of hydrogen-bond acceptors (Lipinski definition) is 2. The van der Waals surface area contributed by atoms with Gasteiger partial charge in [-0.2, -0.15) is 0 Å². The molecule has 0 unspecified atom stereocenters.